The molecule has 3 rings (SSSR count). The minimum Gasteiger partial charge on any atom is -0.207 e. The fraction of sp³-hybridized carbons (Fsp3) is 0.0714. The van der Waals surface area contributed by atoms with E-state index in [9.17, 15) is 4.39 Å². The van der Waals surface area contributed by atoms with Crippen LogP contribution in [0.25, 0.3) is 11.4 Å². The molecule has 0 unspecified atom stereocenters. The summed E-state index contributed by atoms with van der Waals surface area (Å²) in [7, 11) is 0. The van der Waals surface area contributed by atoms with Crippen LogP contribution in [0.3, 0.4) is 0 Å². The van der Waals surface area contributed by atoms with Crippen LogP contribution in [0.1, 0.15) is 5.56 Å². The van der Waals surface area contributed by atoms with E-state index in [-0.39, 0.29) is 5.82 Å². The third-order valence-corrected chi connectivity index (χ3v) is 3.16. The molecule has 0 bridgehead atoms. The third kappa shape index (κ3) is 2.67. The Balaban J connectivity index is 1.84. The van der Waals surface area contributed by atoms with Crippen molar-refractivity contribution >= 4 is 11.6 Å². The summed E-state index contributed by atoms with van der Waals surface area (Å²) in [5.41, 5.74) is 1.63. The minimum atomic E-state index is -0.365. The van der Waals surface area contributed by atoms with Gasteiger partial charge < -0.3 is 0 Å². The molecule has 0 aliphatic heterocycles. The molecule has 4 nitrogen and oxygen atoms in total. The molecule has 0 spiro atoms. The highest BCUT2D eigenvalue weighted by molar-refractivity contribution is 6.31. The molecule has 20 heavy (non-hydrogen) atoms. The third-order valence-electron chi connectivity index (χ3n) is 2.81. The van der Waals surface area contributed by atoms with Crippen molar-refractivity contribution in [2.24, 2.45) is 0 Å². The topological polar surface area (TPSA) is 43.6 Å². The van der Waals surface area contributed by atoms with Crippen LogP contribution in [0.15, 0.2) is 48.5 Å². The fourth-order valence-corrected chi connectivity index (χ4v) is 2.04. The van der Waals surface area contributed by atoms with Crippen molar-refractivity contribution in [3.05, 3.63) is 64.9 Å². The van der Waals surface area contributed by atoms with Crippen LogP contribution < -0.4 is 0 Å². The van der Waals surface area contributed by atoms with E-state index in [1.807, 2.05) is 30.3 Å². The summed E-state index contributed by atoms with van der Waals surface area (Å²) in [5.74, 6) is 0.180. The quantitative estimate of drug-likeness (QED) is 0.743. The summed E-state index contributed by atoms with van der Waals surface area (Å²) in [5, 5.41) is 12.6. The number of nitrogens with zero attached hydrogens (tertiary/aromatic N) is 4. The van der Waals surface area contributed by atoms with E-state index >= 15 is 0 Å². The van der Waals surface area contributed by atoms with E-state index in [1.165, 1.54) is 16.9 Å². The molecular formula is C14H10ClFN4. The summed E-state index contributed by atoms with van der Waals surface area (Å²) in [6.45, 7) is 0.346. The number of rotatable bonds is 3. The lowest BCUT2D eigenvalue weighted by Crippen LogP contribution is -2.04. The van der Waals surface area contributed by atoms with E-state index in [0.29, 0.717) is 17.4 Å². The maximum absolute atomic E-state index is 13.0. The van der Waals surface area contributed by atoms with Crippen LogP contribution in [-0.4, -0.2) is 20.2 Å². The molecule has 0 amide bonds. The zero-order valence-electron chi connectivity index (χ0n) is 10.4. The molecule has 0 radical (unpaired) electrons. The van der Waals surface area contributed by atoms with Gasteiger partial charge in [-0.3, -0.25) is 0 Å². The highest BCUT2D eigenvalue weighted by atomic mass is 35.5. The summed E-state index contributed by atoms with van der Waals surface area (Å²) in [4.78, 5) is 1.43. The van der Waals surface area contributed by atoms with Crippen LogP contribution in [0, 0.1) is 5.82 Å². The average Bonchev–Trinajstić information content (AvgIpc) is 2.92. The van der Waals surface area contributed by atoms with Gasteiger partial charge in [-0.05, 0) is 22.9 Å². The number of hydrogen-bond acceptors (Lipinski definition) is 3. The minimum absolute atomic E-state index is 0.346. The summed E-state index contributed by atoms with van der Waals surface area (Å²) < 4.78 is 13.0. The number of hydrogen-bond donors (Lipinski definition) is 0. The Morgan fingerprint density at radius 3 is 2.65 bits per heavy atom. The maximum atomic E-state index is 13.0. The van der Waals surface area contributed by atoms with Crippen molar-refractivity contribution in [3.8, 4) is 11.4 Å². The average molecular weight is 289 g/mol. The first-order chi connectivity index (χ1) is 9.72. The maximum Gasteiger partial charge on any atom is 0.204 e. The van der Waals surface area contributed by atoms with Crippen molar-refractivity contribution in [3.63, 3.8) is 0 Å². The normalized spacial score (nSPS) is 10.7. The Morgan fingerprint density at radius 1 is 1.10 bits per heavy atom. The van der Waals surface area contributed by atoms with Crippen molar-refractivity contribution in [1.82, 2.24) is 20.2 Å². The molecule has 0 aliphatic carbocycles. The zero-order chi connectivity index (χ0) is 13.9. The van der Waals surface area contributed by atoms with Crippen LogP contribution >= 0.6 is 11.6 Å². The van der Waals surface area contributed by atoms with Crippen LogP contribution in [0.5, 0.6) is 0 Å². The van der Waals surface area contributed by atoms with Gasteiger partial charge >= 0.3 is 0 Å². The van der Waals surface area contributed by atoms with Gasteiger partial charge in [-0.15, -0.1) is 10.2 Å². The van der Waals surface area contributed by atoms with Gasteiger partial charge in [-0.2, -0.15) is 4.80 Å². The molecule has 0 atom stereocenters. The highest BCUT2D eigenvalue weighted by Gasteiger charge is 2.08. The summed E-state index contributed by atoms with van der Waals surface area (Å²) >= 11 is 5.97. The SMILES string of the molecule is Fc1ccc(Cn2nnc(-c3ccccc3)n2)c(Cl)c1. The van der Waals surface area contributed by atoms with Crippen LogP contribution in [-0.2, 0) is 6.54 Å². The number of benzene rings is 2. The van der Waals surface area contributed by atoms with Gasteiger partial charge in [0, 0.05) is 10.6 Å². The van der Waals surface area contributed by atoms with Gasteiger partial charge in [-0.1, -0.05) is 48.0 Å². The van der Waals surface area contributed by atoms with Crippen molar-refractivity contribution in [1.29, 1.82) is 0 Å². The number of halogens is 2. The second kappa shape index (κ2) is 5.38. The molecule has 2 aromatic carbocycles. The Kier molecular flexibility index (Phi) is 3.43. The predicted molar refractivity (Wildman–Crippen MR) is 73.8 cm³/mol. The van der Waals surface area contributed by atoms with Gasteiger partial charge in [0.15, 0.2) is 0 Å². The van der Waals surface area contributed by atoms with Crippen molar-refractivity contribution in [2.45, 2.75) is 6.54 Å². The number of tetrazole rings is 1. The van der Waals surface area contributed by atoms with Crippen LogP contribution in [0.4, 0.5) is 4.39 Å². The molecule has 0 fully saturated rings. The molecule has 3 aromatic rings. The molecule has 0 saturated heterocycles. The van der Waals surface area contributed by atoms with Gasteiger partial charge in [0.2, 0.25) is 5.82 Å². The van der Waals surface area contributed by atoms with E-state index in [0.717, 1.165) is 11.1 Å². The first kappa shape index (κ1) is 12.7. The number of aromatic nitrogens is 4. The zero-order valence-corrected chi connectivity index (χ0v) is 11.1. The smallest absolute Gasteiger partial charge is 0.204 e. The summed E-state index contributed by atoms with van der Waals surface area (Å²) in [6.07, 6.45) is 0. The lowest BCUT2D eigenvalue weighted by molar-refractivity contribution is 0.570. The van der Waals surface area contributed by atoms with Crippen LogP contribution in [0.2, 0.25) is 5.02 Å². The largest absolute Gasteiger partial charge is 0.207 e. The Bertz CT molecular complexity index is 727. The second-order valence-corrected chi connectivity index (χ2v) is 4.65. The fourth-order valence-electron chi connectivity index (χ4n) is 1.82. The lowest BCUT2D eigenvalue weighted by atomic mass is 10.2. The van der Waals surface area contributed by atoms with E-state index in [2.05, 4.69) is 15.4 Å². The molecule has 100 valence electrons. The predicted octanol–water partition coefficient (Wildman–Crippen LogP) is 3.18. The Morgan fingerprint density at radius 2 is 1.90 bits per heavy atom. The standard InChI is InChI=1S/C14H10ClFN4/c15-13-8-12(16)7-6-11(13)9-20-18-14(17-19-20)10-4-2-1-3-5-10/h1-8H,9H2. The molecule has 0 N–H and O–H groups in total. The first-order valence-electron chi connectivity index (χ1n) is 5.99. The van der Waals surface area contributed by atoms with Gasteiger partial charge in [0.25, 0.3) is 0 Å². The molecule has 6 heteroatoms. The van der Waals surface area contributed by atoms with E-state index in [1.54, 1.807) is 6.07 Å². The van der Waals surface area contributed by atoms with Crippen molar-refractivity contribution < 1.29 is 4.39 Å². The highest BCUT2D eigenvalue weighted by Crippen LogP contribution is 2.18. The monoisotopic (exact) mass is 288 g/mol. The van der Waals surface area contributed by atoms with Crippen molar-refractivity contribution in [2.75, 3.05) is 0 Å². The van der Waals surface area contributed by atoms with E-state index < -0.39 is 0 Å². The molecular weight excluding hydrogens is 279 g/mol. The molecule has 1 heterocycles. The molecule has 0 aliphatic rings. The van der Waals surface area contributed by atoms with E-state index in [4.69, 9.17) is 11.6 Å². The Hall–Kier alpha value is -2.27. The first-order valence-corrected chi connectivity index (χ1v) is 6.37. The van der Waals surface area contributed by atoms with Gasteiger partial charge in [0.1, 0.15) is 5.82 Å². The Labute approximate surface area is 119 Å². The molecule has 0 saturated carbocycles. The lowest BCUT2D eigenvalue weighted by Gasteiger charge is -2.02. The summed E-state index contributed by atoms with van der Waals surface area (Å²) in [6, 6.07) is 13.8. The second-order valence-electron chi connectivity index (χ2n) is 4.25. The van der Waals surface area contributed by atoms with Gasteiger partial charge in [0.05, 0.1) is 6.54 Å². The van der Waals surface area contributed by atoms with Gasteiger partial charge in [-0.25, -0.2) is 4.39 Å². The molecule has 1 aromatic heterocycles.